The standard InChI is InChI=1S/C10H20N4/c1-9(2)7-11-6-4-5-10-8-12-13-14(10)3/h8-9,11H,4-7H2,1-3H3. The zero-order chi connectivity index (χ0) is 10.4. The summed E-state index contributed by atoms with van der Waals surface area (Å²) in [4.78, 5) is 0. The molecule has 0 bridgehead atoms. The fourth-order valence-corrected chi connectivity index (χ4v) is 1.32. The Morgan fingerprint density at radius 1 is 1.50 bits per heavy atom. The van der Waals surface area contributed by atoms with Gasteiger partial charge in [0.2, 0.25) is 0 Å². The topological polar surface area (TPSA) is 42.7 Å². The Balaban J connectivity index is 2.08. The number of hydrogen-bond acceptors (Lipinski definition) is 3. The van der Waals surface area contributed by atoms with Crippen LogP contribution in [0.2, 0.25) is 0 Å². The molecule has 0 aliphatic rings. The minimum absolute atomic E-state index is 0.730. The molecule has 0 aliphatic carbocycles. The molecule has 1 rings (SSSR count). The van der Waals surface area contributed by atoms with Crippen LogP contribution in [0.3, 0.4) is 0 Å². The van der Waals surface area contributed by atoms with Crippen molar-refractivity contribution < 1.29 is 0 Å². The smallest absolute Gasteiger partial charge is 0.0724 e. The van der Waals surface area contributed by atoms with E-state index in [0.29, 0.717) is 0 Å². The van der Waals surface area contributed by atoms with E-state index in [2.05, 4.69) is 29.5 Å². The van der Waals surface area contributed by atoms with Gasteiger partial charge in [0.25, 0.3) is 0 Å². The normalized spacial score (nSPS) is 11.1. The van der Waals surface area contributed by atoms with Crippen LogP contribution >= 0.6 is 0 Å². The maximum atomic E-state index is 3.89. The highest BCUT2D eigenvalue weighted by molar-refractivity contribution is 4.92. The number of rotatable bonds is 6. The molecule has 4 nitrogen and oxygen atoms in total. The minimum Gasteiger partial charge on any atom is -0.316 e. The highest BCUT2D eigenvalue weighted by Gasteiger charge is 1.99. The number of aryl methyl sites for hydroxylation is 2. The molecule has 80 valence electrons. The Bertz CT molecular complexity index is 254. The van der Waals surface area contributed by atoms with Gasteiger partial charge in [0.1, 0.15) is 0 Å². The second-order valence-corrected chi connectivity index (χ2v) is 4.05. The number of aromatic nitrogens is 3. The van der Waals surface area contributed by atoms with Crippen LogP contribution in [0.5, 0.6) is 0 Å². The van der Waals surface area contributed by atoms with Crippen LogP contribution in [0, 0.1) is 5.92 Å². The monoisotopic (exact) mass is 196 g/mol. The van der Waals surface area contributed by atoms with Crippen LogP contribution in [0.1, 0.15) is 26.0 Å². The Morgan fingerprint density at radius 3 is 2.86 bits per heavy atom. The van der Waals surface area contributed by atoms with Gasteiger partial charge in [-0.15, -0.1) is 5.10 Å². The Kier molecular flexibility index (Phi) is 4.59. The van der Waals surface area contributed by atoms with Crippen LogP contribution < -0.4 is 5.32 Å². The van der Waals surface area contributed by atoms with Crippen molar-refractivity contribution in [1.82, 2.24) is 20.3 Å². The number of nitrogens with one attached hydrogen (secondary N) is 1. The van der Waals surface area contributed by atoms with Gasteiger partial charge in [-0.1, -0.05) is 19.1 Å². The van der Waals surface area contributed by atoms with Crippen molar-refractivity contribution in [1.29, 1.82) is 0 Å². The van der Waals surface area contributed by atoms with Crippen molar-refractivity contribution in [3.63, 3.8) is 0 Å². The number of hydrogen-bond donors (Lipinski definition) is 1. The van der Waals surface area contributed by atoms with Crippen molar-refractivity contribution in [2.45, 2.75) is 26.7 Å². The highest BCUT2D eigenvalue weighted by Crippen LogP contribution is 1.97. The lowest BCUT2D eigenvalue weighted by molar-refractivity contribution is 0.538. The van der Waals surface area contributed by atoms with E-state index in [9.17, 15) is 0 Å². The van der Waals surface area contributed by atoms with Crippen molar-refractivity contribution in [3.05, 3.63) is 11.9 Å². The lowest BCUT2D eigenvalue weighted by Crippen LogP contribution is -2.21. The second kappa shape index (κ2) is 5.75. The first-order valence-electron chi connectivity index (χ1n) is 5.24. The maximum absolute atomic E-state index is 3.89. The van der Waals surface area contributed by atoms with E-state index in [0.717, 1.165) is 31.8 Å². The first-order chi connectivity index (χ1) is 6.70. The van der Waals surface area contributed by atoms with Crippen molar-refractivity contribution in [2.24, 2.45) is 13.0 Å². The molecule has 0 amide bonds. The fraction of sp³-hybridized carbons (Fsp3) is 0.800. The SMILES string of the molecule is CC(C)CNCCCc1cnnn1C. The quantitative estimate of drug-likeness (QED) is 0.690. The Labute approximate surface area is 85.7 Å². The van der Waals surface area contributed by atoms with Gasteiger partial charge in [0.05, 0.1) is 11.9 Å². The third-order valence-corrected chi connectivity index (χ3v) is 2.15. The van der Waals surface area contributed by atoms with Crippen LogP contribution in [0.4, 0.5) is 0 Å². The van der Waals surface area contributed by atoms with E-state index in [-0.39, 0.29) is 0 Å². The molecule has 0 fully saturated rings. The van der Waals surface area contributed by atoms with Gasteiger partial charge >= 0.3 is 0 Å². The van der Waals surface area contributed by atoms with Gasteiger partial charge < -0.3 is 5.32 Å². The Hall–Kier alpha value is -0.900. The van der Waals surface area contributed by atoms with E-state index in [1.165, 1.54) is 5.69 Å². The van der Waals surface area contributed by atoms with Crippen molar-refractivity contribution in [2.75, 3.05) is 13.1 Å². The molecule has 4 heteroatoms. The van der Waals surface area contributed by atoms with Gasteiger partial charge in [-0.3, -0.25) is 4.68 Å². The van der Waals surface area contributed by atoms with Gasteiger partial charge in [0.15, 0.2) is 0 Å². The van der Waals surface area contributed by atoms with Gasteiger partial charge in [-0.25, -0.2) is 0 Å². The van der Waals surface area contributed by atoms with Crippen molar-refractivity contribution >= 4 is 0 Å². The molecule has 0 radical (unpaired) electrons. The molecule has 0 spiro atoms. The molecule has 0 aliphatic heterocycles. The highest BCUT2D eigenvalue weighted by atomic mass is 15.4. The summed E-state index contributed by atoms with van der Waals surface area (Å²) in [6.07, 6.45) is 4.03. The van der Waals surface area contributed by atoms with E-state index in [4.69, 9.17) is 0 Å². The molecule has 1 heterocycles. The summed E-state index contributed by atoms with van der Waals surface area (Å²) < 4.78 is 1.84. The van der Waals surface area contributed by atoms with Crippen LogP contribution in [0.25, 0.3) is 0 Å². The zero-order valence-corrected chi connectivity index (χ0v) is 9.32. The van der Waals surface area contributed by atoms with Gasteiger partial charge in [0, 0.05) is 7.05 Å². The van der Waals surface area contributed by atoms with Crippen LogP contribution in [-0.4, -0.2) is 28.1 Å². The maximum Gasteiger partial charge on any atom is 0.0724 e. The second-order valence-electron chi connectivity index (χ2n) is 4.05. The summed E-state index contributed by atoms with van der Waals surface area (Å²) in [5.41, 5.74) is 1.20. The van der Waals surface area contributed by atoms with Gasteiger partial charge in [-0.05, 0) is 31.8 Å². The van der Waals surface area contributed by atoms with E-state index in [1.54, 1.807) is 0 Å². The van der Waals surface area contributed by atoms with E-state index >= 15 is 0 Å². The predicted molar refractivity (Wildman–Crippen MR) is 57.0 cm³/mol. The molecule has 0 aromatic carbocycles. The van der Waals surface area contributed by atoms with Gasteiger partial charge in [-0.2, -0.15) is 0 Å². The fourth-order valence-electron chi connectivity index (χ4n) is 1.32. The molecular weight excluding hydrogens is 176 g/mol. The molecule has 0 atom stereocenters. The van der Waals surface area contributed by atoms with Crippen LogP contribution in [-0.2, 0) is 13.5 Å². The molecule has 14 heavy (non-hydrogen) atoms. The molecule has 1 N–H and O–H groups in total. The molecule has 0 unspecified atom stereocenters. The zero-order valence-electron chi connectivity index (χ0n) is 9.32. The summed E-state index contributed by atoms with van der Waals surface area (Å²) in [6.45, 7) is 6.61. The summed E-state index contributed by atoms with van der Waals surface area (Å²) in [5, 5.41) is 11.1. The van der Waals surface area contributed by atoms with Crippen molar-refractivity contribution in [3.8, 4) is 0 Å². The predicted octanol–water partition coefficient (Wildman–Crippen LogP) is 0.993. The summed E-state index contributed by atoms with van der Waals surface area (Å²) in [7, 11) is 1.93. The average molecular weight is 196 g/mol. The Morgan fingerprint density at radius 2 is 2.29 bits per heavy atom. The number of nitrogens with zero attached hydrogens (tertiary/aromatic N) is 3. The first-order valence-corrected chi connectivity index (χ1v) is 5.24. The molecular formula is C10H20N4. The summed E-state index contributed by atoms with van der Waals surface area (Å²) >= 11 is 0. The minimum atomic E-state index is 0.730. The third kappa shape index (κ3) is 3.87. The largest absolute Gasteiger partial charge is 0.316 e. The molecule has 1 aromatic heterocycles. The summed E-state index contributed by atoms with van der Waals surface area (Å²) in [5.74, 6) is 0.730. The first kappa shape index (κ1) is 11.2. The molecule has 1 aromatic rings. The molecule has 0 saturated heterocycles. The molecule has 0 saturated carbocycles. The van der Waals surface area contributed by atoms with Crippen LogP contribution in [0.15, 0.2) is 6.20 Å². The third-order valence-electron chi connectivity index (χ3n) is 2.15. The average Bonchev–Trinajstić information content (AvgIpc) is 2.51. The lowest BCUT2D eigenvalue weighted by atomic mass is 10.2. The van der Waals surface area contributed by atoms with E-state index < -0.39 is 0 Å². The lowest BCUT2D eigenvalue weighted by Gasteiger charge is -2.06. The van der Waals surface area contributed by atoms with E-state index in [1.807, 2.05) is 17.9 Å². The summed E-state index contributed by atoms with van der Waals surface area (Å²) in [6, 6.07) is 0.